The molecule has 0 aliphatic carbocycles. The minimum Gasteiger partial charge on any atom is -0.304 e. The van der Waals surface area contributed by atoms with Crippen molar-refractivity contribution < 1.29 is 0 Å². The van der Waals surface area contributed by atoms with Crippen LogP contribution in [0.25, 0.3) is 0 Å². The van der Waals surface area contributed by atoms with Gasteiger partial charge in [-0.2, -0.15) is 0 Å². The van der Waals surface area contributed by atoms with E-state index in [9.17, 15) is 0 Å². The maximum atomic E-state index is 6.08. The van der Waals surface area contributed by atoms with Crippen LogP contribution in [0.2, 0.25) is 8.67 Å². The van der Waals surface area contributed by atoms with Crippen LogP contribution in [0.15, 0.2) is 17.6 Å². The van der Waals surface area contributed by atoms with E-state index < -0.39 is 0 Å². The lowest BCUT2D eigenvalue weighted by Gasteiger charge is -2.11. The quantitative estimate of drug-likeness (QED) is 0.905. The molecular formula is C10H10Cl2N2S2. The topological polar surface area (TPSA) is 24.9 Å². The maximum Gasteiger partial charge on any atom is 0.106 e. The molecule has 0 saturated heterocycles. The van der Waals surface area contributed by atoms with Crippen LogP contribution in [0, 0.1) is 0 Å². The fraction of sp³-hybridized carbons (Fsp3) is 0.300. The highest BCUT2D eigenvalue weighted by Crippen LogP contribution is 2.34. The lowest BCUT2D eigenvalue weighted by molar-refractivity contribution is 0.575. The number of hydrogen-bond acceptors (Lipinski definition) is 4. The zero-order valence-corrected chi connectivity index (χ0v) is 11.7. The van der Waals surface area contributed by atoms with E-state index in [1.807, 2.05) is 11.4 Å². The van der Waals surface area contributed by atoms with Crippen molar-refractivity contribution in [1.82, 2.24) is 10.3 Å². The second-order valence-electron chi connectivity index (χ2n) is 3.31. The third-order valence-corrected chi connectivity index (χ3v) is 4.49. The number of aromatic nitrogens is 1. The first kappa shape index (κ1) is 12.3. The summed E-state index contributed by atoms with van der Waals surface area (Å²) in [4.78, 5) is 4.21. The van der Waals surface area contributed by atoms with Crippen LogP contribution < -0.4 is 5.32 Å². The molecule has 6 heteroatoms. The first-order valence-corrected chi connectivity index (χ1v) is 7.18. The summed E-state index contributed by atoms with van der Waals surface area (Å²) in [6, 6.07) is 2.09. The summed E-state index contributed by atoms with van der Waals surface area (Å²) in [5.74, 6) is 0. The van der Waals surface area contributed by atoms with Gasteiger partial charge in [0, 0.05) is 24.2 Å². The summed E-state index contributed by atoms with van der Waals surface area (Å²) < 4.78 is 1.48. The van der Waals surface area contributed by atoms with E-state index >= 15 is 0 Å². The zero-order chi connectivity index (χ0) is 11.5. The molecule has 0 saturated carbocycles. The van der Waals surface area contributed by atoms with Gasteiger partial charge in [-0.25, -0.2) is 4.98 Å². The van der Waals surface area contributed by atoms with Crippen LogP contribution in [0.3, 0.4) is 0 Å². The standard InChI is InChI=1S/C10H10Cl2N2S2/c1-6(7-4-8(11)16-10(7)12)14-5-9-13-2-3-15-9/h2-4,6,14H,5H2,1H3. The van der Waals surface area contributed by atoms with Gasteiger partial charge in [0.25, 0.3) is 0 Å². The third kappa shape index (κ3) is 2.96. The predicted molar refractivity (Wildman–Crippen MR) is 71.7 cm³/mol. The van der Waals surface area contributed by atoms with Crippen molar-refractivity contribution in [2.24, 2.45) is 0 Å². The highest BCUT2D eigenvalue weighted by molar-refractivity contribution is 7.20. The van der Waals surface area contributed by atoms with Gasteiger partial charge >= 0.3 is 0 Å². The molecule has 1 N–H and O–H groups in total. The Bertz CT molecular complexity index is 453. The van der Waals surface area contributed by atoms with Gasteiger partial charge in [-0.1, -0.05) is 23.2 Å². The van der Waals surface area contributed by atoms with Gasteiger partial charge in [0.05, 0.1) is 8.67 Å². The highest BCUT2D eigenvalue weighted by atomic mass is 35.5. The van der Waals surface area contributed by atoms with E-state index in [1.54, 1.807) is 17.5 Å². The van der Waals surface area contributed by atoms with Gasteiger partial charge < -0.3 is 5.32 Å². The Hall–Kier alpha value is -0.130. The van der Waals surface area contributed by atoms with Crippen molar-refractivity contribution in [2.75, 3.05) is 0 Å². The molecule has 2 aromatic heterocycles. The second-order valence-corrected chi connectivity index (χ2v) is 6.57. The number of halogens is 2. The molecule has 16 heavy (non-hydrogen) atoms. The molecule has 2 heterocycles. The zero-order valence-electron chi connectivity index (χ0n) is 8.54. The van der Waals surface area contributed by atoms with Crippen molar-refractivity contribution >= 4 is 45.9 Å². The number of nitrogens with zero attached hydrogens (tertiary/aromatic N) is 1. The Morgan fingerprint density at radius 2 is 2.31 bits per heavy atom. The van der Waals surface area contributed by atoms with E-state index in [1.165, 1.54) is 11.3 Å². The first-order chi connectivity index (χ1) is 7.66. The molecule has 0 radical (unpaired) electrons. The highest BCUT2D eigenvalue weighted by Gasteiger charge is 2.13. The molecule has 0 aliphatic rings. The number of hydrogen-bond donors (Lipinski definition) is 1. The summed E-state index contributed by atoms with van der Waals surface area (Å²) in [6.45, 7) is 2.82. The average molecular weight is 293 g/mol. The molecule has 2 rings (SSSR count). The minimum atomic E-state index is 0.181. The molecule has 0 fully saturated rings. The van der Waals surface area contributed by atoms with Gasteiger partial charge in [0.2, 0.25) is 0 Å². The van der Waals surface area contributed by atoms with Crippen LogP contribution in [0.4, 0.5) is 0 Å². The fourth-order valence-corrected chi connectivity index (χ4v) is 3.55. The molecule has 0 amide bonds. The largest absolute Gasteiger partial charge is 0.304 e. The van der Waals surface area contributed by atoms with E-state index in [0.29, 0.717) is 0 Å². The van der Waals surface area contributed by atoms with Gasteiger partial charge in [0.1, 0.15) is 5.01 Å². The van der Waals surface area contributed by atoms with Crippen molar-refractivity contribution in [2.45, 2.75) is 19.5 Å². The summed E-state index contributed by atoms with van der Waals surface area (Å²) in [5, 5.41) is 6.41. The Balaban J connectivity index is 1.98. The van der Waals surface area contributed by atoms with Crippen molar-refractivity contribution in [1.29, 1.82) is 0 Å². The average Bonchev–Trinajstić information content (AvgIpc) is 2.84. The van der Waals surface area contributed by atoms with Gasteiger partial charge in [-0.3, -0.25) is 0 Å². The Labute approximate surface area is 112 Å². The van der Waals surface area contributed by atoms with Crippen molar-refractivity contribution in [3.8, 4) is 0 Å². The number of rotatable bonds is 4. The lowest BCUT2D eigenvalue weighted by Crippen LogP contribution is -2.17. The van der Waals surface area contributed by atoms with Crippen molar-refractivity contribution in [3.63, 3.8) is 0 Å². The summed E-state index contributed by atoms with van der Waals surface area (Å²) in [7, 11) is 0. The SMILES string of the molecule is CC(NCc1nccs1)c1cc(Cl)sc1Cl. The summed E-state index contributed by atoms with van der Waals surface area (Å²) in [6.07, 6.45) is 1.81. The summed E-state index contributed by atoms with van der Waals surface area (Å²) >= 11 is 15.0. The Morgan fingerprint density at radius 1 is 1.50 bits per heavy atom. The normalized spacial score (nSPS) is 12.9. The Morgan fingerprint density at radius 3 is 2.88 bits per heavy atom. The van der Waals surface area contributed by atoms with Gasteiger partial charge in [-0.15, -0.1) is 22.7 Å². The molecule has 1 atom stereocenters. The van der Waals surface area contributed by atoms with Gasteiger partial charge in [-0.05, 0) is 18.6 Å². The summed E-state index contributed by atoms with van der Waals surface area (Å²) in [5.41, 5.74) is 1.05. The molecule has 2 nitrogen and oxygen atoms in total. The van der Waals surface area contributed by atoms with E-state index in [4.69, 9.17) is 23.2 Å². The smallest absolute Gasteiger partial charge is 0.106 e. The maximum absolute atomic E-state index is 6.08. The van der Waals surface area contributed by atoms with E-state index in [-0.39, 0.29) is 6.04 Å². The molecule has 0 aromatic carbocycles. The van der Waals surface area contributed by atoms with Gasteiger partial charge in [0.15, 0.2) is 0 Å². The molecule has 0 spiro atoms. The van der Waals surface area contributed by atoms with Crippen LogP contribution in [0.5, 0.6) is 0 Å². The van der Waals surface area contributed by atoms with E-state index in [2.05, 4.69) is 17.2 Å². The molecule has 0 aliphatic heterocycles. The molecular weight excluding hydrogens is 283 g/mol. The van der Waals surface area contributed by atoms with Crippen LogP contribution >= 0.6 is 45.9 Å². The molecule has 0 bridgehead atoms. The minimum absolute atomic E-state index is 0.181. The van der Waals surface area contributed by atoms with Crippen LogP contribution in [-0.4, -0.2) is 4.98 Å². The number of thiophene rings is 1. The molecule has 86 valence electrons. The number of nitrogens with one attached hydrogen (secondary N) is 1. The fourth-order valence-electron chi connectivity index (χ4n) is 1.34. The second kappa shape index (κ2) is 5.47. The lowest BCUT2D eigenvalue weighted by atomic mass is 10.2. The first-order valence-electron chi connectivity index (χ1n) is 4.73. The van der Waals surface area contributed by atoms with E-state index in [0.717, 1.165) is 25.8 Å². The monoisotopic (exact) mass is 292 g/mol. The molecule has 1 unspecified atom stereocenters. The third-order valence-electron chi connectivity index (χ3n) is 2.19. The van der Waals surface area contributed by atoms with Crippen molar-refractivity contribution in [3.05, 3.63) is 36.9 Å². The predicted octanol–water partition coefficient (Wildman–Crippen LogP) is 4.36. The van der Waals surface area contributed by atoms with Crippen LogP contribution in [0.1, 0.15) is 23.5 Å². The number of thiazole rings is 1. The Kier molecular flexibility index (Phi) is 4.21. The molecule has 2 aromatic rings. The van der Waals surface area contributed by atoms with Crippen LogP contribution in [-0.2, 0) is 6.54 Å².